The first-order chi connectivity index (χ1) is 9.58. The van der Waals surface area contributed by atoms with Gasteiger partial charge in [-0.25, -0.2) is 4.79 Å². The molecule has 1 spiro atoms. The van der Waals surface area contributed by atoms with E-state index >= 15 is 0 Å². The van der Waals surface area contributed by atoms with E-state index < -0.39 is 0 Å². The minimum Gasteiger partial charge on any atom is -0.351 e. The van der Waals surface area contributed by atoms with Gasteiger partial charge in [0.15, 0.2) is 5.66 Å². The minimum atomic E-state index is -0.383. The van der Waals surface area contributed by atoms with Crippen molar-refractivity contribution in [2.75, 3.05) is 13.1 Å². The molecule has 2 aliphatic rings. The number of nitrogens with two attached hydrogens (primary N) is 1. The summed E-state index contributed by atoms with van der Waals surface area (Å²) in [4.78, 5) is 22.2. The number of nitrogens with zero attached hydrogens (tertiary/aromatic N) is 3. The molecule has 0 saturated carbocycles. The highest BCUT2D eigenvalue weighted by Gasteiger charge is 2.37. The summed E-state index contributed by atoms with van der Waals surface area (Å²) in [5, 5.41) is 0. The summed E-state index contributed by atoms with van der Waals surface area (Å²) >= 11 is 0. The van der Waals surface area contributed by atoms with Crippen molar-refractivity contribution in [1.29, 1.82) is 0 Å². The molecule has 1 fully saturated rings. The molecular weight excluding hydrogens is 252 g/mol. The predicted octanol–water partition coefficient (Wildman–Crippen LogP) is 1.74. The average molecular weight is 270 g/mol. The first kappa shape index (κ1) is 12.8. The van der Waals surface area contributed by atoms with E-state index in [4.69, 9.17) is 10.7 Å². The lowest BCUT2D eigenvalue weighted by Crippen LogP contribution is -2.46. The number of amides is 2. The Balaban J connectivity index is 1.77. The van der Waals surface area contributed by atoms with Gasteiger partial charge in [0.2, 0.25) is 0 Å². The second kappa shape index (κ2) is 4.74. The lowest BCUT2D eigenvalue weighted by molar-refractivity contribution is 0.171. The molecule has 2 N–H and O–H groups in total. The highest BCUT2D eigenvalue weighted by molar-refractivity contribution is 6.39. The van der Waals surface area contributed by atoms with Gasteiger partial charge in [-0.15, -0.1) is 0 Å². The smallest absolute Gasteiger partial charge is 0.314 e. The number of likely N-dealkylation sites (tertiary alicyclic amines) is 1. The van der Waals surface area contributed by atoms with E-state index in [9.17, 15) is 4.79 Å². The molecule has 2 amide bonds. The van der Waals surface area contributed by atoms with E-state index in [1.165, 1.54) is 5.56 Å². The second-order valence-corrected chi connectivity index (χ2v) is 5.43. The summed E-state index contributed by atoms with van der Waals surface area (Å²) in [6.07, 6.45) is 3.33. The minimum absolute atomic E-state index is 0.357. The van der Waals surface area contributed by atoms with E-state index in [0.717, 1.165) is 24.1 Å². The van der Waals surface area contributed by atoms with E-state index in [-0.39, 0.29) is 11.7 Å². The van der Waals surface area contributed by atoms with Gasteiger partial charge in [-0.05, 0) is 6.92 Å². The third-order valence-corrected chi connectivity index (χ3v) is 3.98. The van der Waals surface area contributed by atoms with Crippen LogP contribution in [0.15, 0.2) is 34.3 Å². The Morgan fingerprint density at radius 1 is 1.25 bits per heavy atom. The SMILES string of the molecule is Cc1ccc(C2=NC3(CCN(C(N)=O)CC3)N=C2)cc1. The van der Waals surface area contributed by atoms with Crippen LogP contribution in [0.4, 0.5) is 4.79 Å². The van der Waals surface area contributed by atoms with Gasteiger partial charge in [0.25, 0.3) is 0 Å². The fourth-order valence-corrected chi connectivity index (χ4v) is 2.65. The van der Waals surface area contributed by atoms with E-state index in [0.29, 0.717) is 13.1 Å². The van der Waals surface area contributed by atoms with Crippen LogP contribution in [0, 0.1) is 6.92 Å². The highest BCUT2D eigenvalue weighted by atomic mass is 16.2. The van der Waals surface area contributed by atoms with Crippen molar-refractivity contribution in [3.63, 3.8) is 0 Å². The van der Waals surface area contributed by atoms with Crippen LogP contribution in [0.3, 0.4) is 0 Å². The molecule has 0 radical (unpaired) electrons. The maximum Gasteiger partial charge on any atom is 0.314 e. The fourth-order valence-electron chi connectivity index (χ4n) is 2.65. The van der Waals surface area contributed by atoms with Gasteiger partial charge < -0.3 is 10.6 Å². The highest BCUT2D eigenvalue weighted by Crippen LogP contribution is 2.31. The molecule has 104 valence electrons. The van der Waals surface area contributed by atoms with Gasteiger partial charge in [-0.3, -0.25) is 9.98 Å². The van der Waals surface area contributed by atoms with Crippen molar-refractivity contribution in [3.8, 4) is 0 Å². The molecule has 1 saturated heterocycles. The molecule has 1 aromatic rings. The summed E-state index contributed by atoms with van der Waals surface area (Å²) in [6, 6.07) is 7.93. The van der Waals surface area contributed by atoms with Gasteiger partial charge >= 0.3 is 6.03 Å². The number of aliphatic imine (C=N–C) groups is 2. The van der Waals surface area contributed by atoms with E-state index in [2.05, 4.69) is 36.2 Å². The Morgan fingerprint density at radius 3 is 2.50 bits per heavy atom. The average Bonchev–Trinajstić information content (AvgIpc) is 2.84. The van der Waals surface area contributed by atoms with Crippen LogP contribution in [0.5, 0.6) is 0 Å². The standard InChI is InChI=1S/C15H18N4O/c1-11-2-4-12(5-3-11)13-10-17-15(18-13)6-8-19(9-7-15)14(16)20/h2-5,10H,6-9H2,1H3,(H2,16,20). The number of rotatable bonds is 1. The van der Waals surface area contributed by atoms with Gasteiger partial charge in [-0.2, -0.15) is 0 Å². The third-order valence-electron chi connectivity index (χ3n) is 3.98. The Kier molecular flexibility index (Phi) is 3.04. The van der Waals surface area contributed by atoms with Crippen molar-refractivity contribution >= 4 is 18.0 Å². The fraction of sp³-hybridized carbons (Fsp3) is 0.400. The molecule has 0 aromatic heterocycles. The first-order valence-electron chi connectivity index (χ1n) is 6.85. The second-order valence-electron chi connectivity index (χ2n) is 5.43. The van der Waals surface area contributed by atoms with Crippen molar-refractivity contribution in [2.45, 2.75) is 25.4 Å². The quantitative estimate of drug-likeness (QED) is 0.829. The Bertz CT molecular complexity index is 580. The Hall–Kier alpha value is -2.17. The van der Waals surface area contributed by atoms with Gasteiger partial charge in [0.05, 0.1) is 11.9 Å². The lowest BCUT2D eigenvalue weighted by Gasteiger charge is -2.34. The van der Waals surface area contributed by atoms with Crippen LogP contribution >= 0.6 is 0 Å². The number of urea groups is 1. The Morgan fingerprint density at radius 2 is 1.90 bits per heavy atom. The summed E-state index contributed by atoms with van der Waals surface area (Å²) < 4.78 is 0. The maximum atomic E-state index is 11.1. The predicted molar refractivity (Wildman–Crippen MR) is 79.3 cm³/mol. The van der Waals surface area contributed by atoms with E-state index in [1.807, 2.05) is 6.21 Å². The number of hydrogen-bond acceptors (Lipinski definition) is 3. The van der Waals surface area contributed by atoms with Crippen LogP contribution in [0.2, 0.25) is 0 Å². The topological polar surface area (TPSA) is 71.0 Å². The van der Waals surface area contributed by atoms with Crippen molar-refractivity contribution < 1.29 is 4.79 Å². The van der Waals surface area contributed by atoms with Crippen molar-refractivity contribution in [2.24, 2.45) is 15.7 Å². The lowest BCUT2D eigenvalue weighted by atomic mass is 9.99. The van der Waals surface area contributed by atoms with Crippen LogP contribution < -0.4 is 5.73 Å². The molecule has 20 heavy (non-hydrogen) atoms. The van der Waals surface area contributed by atoms with Crippen LogP contribution in [-0.2, 0) is 0 Å². The Labute approximate surface area is 118 Å². The molecule has 5 nitrogen and oxygen atoms in total. The van der Waals surface area contributed by atoms with Gasteiger partial charge in [0, 0.05) is 31.5 Å². The van der Waals surface area contributed by atoms with Crippen LogP contribution in [0.25, 0.3) is 0 Å². The molecule has 0 aliphatic carbocycles. The molecule has 2 aliphatic heterocycles. The number of aryl methyl sites for hydroxylation is 1. The first-order valence-corrected chi connectivity index (χ1v) is 6.85. The largest absolute Gasteiger partial charge is 0.351 e. The molecule has 0 unspecified atom stereocenters. The zero-order chi connectivity index (χ0) is 14.2. The maximum absolute atomic E-state index is 11.1. The molecule has 1 aromatic carbocycles. The number of piperidine rings is 1. The molecule has 0 bridgehead atoms. The van der Waals surface area contributed by atoms with Gasteiger partial charge in [0.1, 0.15) is 0 Å². The molecule has 5 heteroatoms. The zero-order valence-corrected chi connectivity index (χ0v) is 11.5. The van der Waals surface area contributed by atoms with E-state index in [1.54, 1.807) is 4.90 Å². The number of primary amides is 1. The summed E-state index contributed by atoms with van der Waals surface area (Å²) in [5.41, 5.74) is 8.17. The molecular formula is C15H18N4O. The summed E-state index contributed by atoms with van der Waals surface area (Å²) in [6.45, 7) is 3.31. The third kappa shape index (κ3) is 2.31. The van der Waals surface area contributed by atoms with Crippen LogP contribution in [0.1, 0.15) is 24.0 Å². The molecule has 0 atom stereocenters. The van der Waals surface area contributed by atoms with Crippen molar-refractivity contribution in [3.05, 3.63) is 35.4 Å². The summed E-state index contributed by atoms with van der Waals surface area (Å²) in [7, 11) is 0. The number of benzene rings is 1. The normalized spacial score (nSPS) is 20.2. The number of carbonyl (C=O) groups excluding carboxylic acids is 1. The zero-order valence-electron chi connectivity index (χ0n) is 11.5. The number of hydrogen-bond donors (Lipinski definition) is 1. The molecule has 2 heterocycles. The summed E-state index contributed by atoms with van der Waals surface area (Å²) in [5.74, 6) is 0. The van der Waals surface area contributed by atoms with Crippen LogP contribution in [-0.4, -0.2) is 41.6 Å². The van der Waals surface area contributed by atoms with Gasteiger partial charge in [-0.1, -0.05) is 29.8 Å². The monoisotopic (exact) mass is 270 g/mol. The molecule has 3 rings (SSSR count). The van der Waals surface area contributed by atoms with Crippen molar-refractivity contribution in [1.82, 2.24) is 4.90 Å². The number of carbonyl (C=O) groups is 1.